The van der Waals surface area contributed by atoms with Crippen LogP contribution in [0.2, 0.25) is 0 Å². The SMILES string of the molecule is CN(C)C(=O)c1cc(NC(=O)N2CCC(c3ncc[nH]3)CC2)ccn1. The summed E-state index contributed by atoms with van der Waals surface area (Å²) >= 11 is 0. The monoisotopic (exact) mass is 342 g/mol. The molecule has 0 aliphatic carbocycles. The second-order valence-electron chi connectivity index (χ2n) is 6.30. The third-order valence-electron chi connectivity index (χ3n) is 4.32. The number of pyridine rings is 1. The fourth-order valence-corrected chi connectivity index (χ4v) is 2.91. The van der Waals surface area contributed by atoms with E-state index in [0.717, 1.165) is 18.7 Å². The lowest BCUT2D eigenvalue weighted by atomic mass is 9.96. The number of carbonyl (C=O) groups is 2. The van der Waals surface area contributed by atoms with Crippen LogP contribution in [0, 0.1) is 0 Å². The number of urea groups is 1. The lowest BCUT2D eigenvalue weighted by Gasteiger charge is -2.31. The maximum Gasteiger partial charge on any atom is 0.321 e. The van der Waals surface area contributed by atoms with Gasteiger partial charge in [0.15, 0.2) is 0 Å². The van der Waals surface area contributed by atoms with Crippen LogP contribution in [0.3, 0.4) is 0 Å². The number of imidazole rings is 1. The number of rotatable bonds is 3. The molecule has 3 amide bonds. The van der Waals surface area contributed by atoms with Crippen molar-refractivity contribution in [2.24, 2.45) is 0 Å². The van der Waals surface area contributed by atoms with Gasteiger partial charge in [0.2, 0.25) is 0 Å². The molecule has 132 valence electrons. The van der Waals surface area contributed by atoms with E-state index in [0.29, 0.717) is 30.4 Å². The molecule has 8 heteroatoms. The Kier molecular flexibility index (Phi) is 4.97. The molecule has 0 bridgehead atoms. The van der Waals surface area contributed by atoms with Gasteiger partial charge in [-0.05, 0) is 25.0 Å². The van der Waals surface area contributed by atoms with Crippen molar-refractivity contribution in [3.05, 3.63) is 42.2 Å². The summed E-state index contributed by atoms with van der Waals surface area (Å²) in [5.41, 5.74) is 0.873. The van der Waals surface area contributed by atoms with Gasteiger partial charge < -0.3 is 20.1 Å². The van der Waals surface area contributed by atoms with Gasteiger partial charge in [-0.15, -0.1) is 0 Å². The highest BCUT2D eigenvalue weighted by molar-refractivity contribution is 5.95. The van der Waals surface area contributed by atoms with Crippen LogP contribution in [-0.2, 0) is 0 Å². The van der Waals surface area contributed by atoms with Gasteiger partial charge in [0.05, 0.1) is 0 Å². The van der Waals surface area contributed by atoms with Crippen LogP contribution in [0.4, 0.5) is 10.5 Å². The minimum absolute atomic E-state index is 0.160. The number of H-pyrrole nitrogens is 1. The van der Waals surface area contributed by atoms with Crippen molar-refractivity contribution in [1.82, 2.24) is 24.8 Å². The van der Waals surface area contributed by atoms with Crippen molar-refractivity contribution in [1.29, 1.82) is 0 Å². The molecule has 2 aromatic heterocycles. The fraction of sp³-hybridized carbons (Fsp3) is 0.412. The van der Waals surface area contributed by atoms with Crippen LogP contribution in [0.1, 0.15) is 35.1 Å². The molecule has 0 spiro atoms. The first-order valence-corrected chi connectivity index (χ1v) is 8.27. The third-order valence-corrected chi connectivity index (χ3v) is 4.32. The Morgan fingerprint density at radius 2 is 2.00 bits per heavy atom. The first-order valence-electron chi connectivity index (χ1n) is 8.27. The van der Waals surface area contributed by atoms with E-state index in [4.69, 9.17) is 0 Å². The molecule has 3 rings (SSSR count). The smallest absolute Gasteiger partial charge is 0.321 e. The predicted octanol–water partition coefficient (Wildman–Crippen LogP) is 1.92. The Balaban J connectivity index is 1.58. The molecule has 3 heterocycles. The molecule has 2 aromatic rings. The molecule has 0 radical (unpaired) electrons. The molecule has 1 aliphatic rings. The van der Waals surface area contributed by atoms with Crippen molar-refractivity contribution in [2.75, 3.05) is 32.5 Å². The quantitative estimate of drug-likeness (QED) is 0.891. The van der Waals surface area contributed by atoms with Gasteiger partial charge in [-0.1, -0.05) is 0 Å². The fourth-order valence-electron chi connectivity index (χ4n) is 2.91. The van der Waals surface area contributed by atoms with Crippen molar-refractivity contribution >= 4 is 17.6 Å². The van der Waals surface area contributed by atoms with Gasteiger partial charge in [-0.2, -0.15) is 0 Å². The highest BCUT2D eigenvalue weighted by Gasteiger charge is 2.25. The Labute approximate surface area is 146 Å². The van der Waals surface area contributed by atoms with Gasteiger partial charge in [0.1, 0.15) is 11.5 Å². The number of nitrogens with zero attached hydrogens (tertiary/aromatic N) is 4. The average molecular weight is 342 g/mol. The maximum absolute atomic E-state index is 12.5. The number of hydrogen-bond acceptors (Lipinski definition) is 4. The normalized spacial score (nSPS) is 15.0. The number of nitrogens with one attached hydrogen (secondary N) is 2. The van der Waals surface area contributed by atoms with E-state index < -0.39 is 0 Å². The Bertz CT molecular complexity index is 735. The van der Waals surface area contributed by atoms with Crippen LogP contribution in [-0.4, -0.2) is 63.9 Å². The molecule has 1 fully saturated rings. The number of amides is 3. The number of hydrogen-bond donors (Lipinski definition) is 2. The predicted molar refractivity (Wildman–Crippen MR) is 93.4 cm³/mol. The number of aromatic nitrogens is 3. The van der Waals surface area contributed by atoms with Gasteiger partial charge in [-0.25, -0.2) is 9.78 Å². The summed E-state index contributed by atoms with van der Waals surface area (Å²) in [4.78, 5) is 39.1. The molecule has 1 saturated heterocycles. The van der Waals surface area contributed by atoms with E-state index in [1.54, 1.807) is 37.3 Å². The molecule has 0 saturated carbocycles. The average Bonchev–Trinajstić information content (AvgIpc) is 3.16. The minimum Gasteiger partial charge on any atom is -0.348 e. The number of anilines is 1. The van der Waals surface area contributed by atoms with Crippen LogP contribution in [0.25, 0.3) is 0 Å². The van der Waals surface area contributed by atoms with Crippen molar-refractivity contribution in [3.8, 4) is 0 Å². The van der Waals surface area contributed by atoms with E-state index >= 15 is 0 Å². The summed E-state index contributed by atoms with van der Waals surface area (Å²) in [5, 5.41) is 2.85. The van der Waals surface area contributed by atoms with Crippen LogP contribution in [0.15, 0.2) is 30.7 Å². The largest absolute Gasteiger partial charge is 0.348 e. The number of piperidine rings is 1. The number of aromatic amines is 1. The highest BCUT2D eigenvalue weighted by Crippen LogP contribution is 2.25. The first kappa shape index (κ1) is 16.9. The summed E-state index contributed by atoms with van der Waals surface area (Å²) in [6.07, 6.45) is 6.85. The molecule has 8 nitrogen and oxygen atoms in total. The van der Waals surface area contributed by atoms with E-state index in [1.165, 1.54) is 11.1 Å². The van der Waals surface area contributed by atoms with Crippen LogP contribution < -0.4 is 5.32 Å². The molecular weight excluding hydrogens is 320 g/mol. The Hall–Kier alpha value is -2.90. The zero-order valence-electron chi connectivity index (χ0n) is 14.4. The van der Waals surface area contributed by atoms with E-state index in [1.807, 2.05) is 6.20 Å². The van der Waals surface area contributed by atoms with Crippen molar-refractivity contribution in [3.63, 3.8) is 0 Å². The molecule has 0 atom stereocenters. The lowest BCUT2D eigenvalue weighted by Crippen LogP contribution is -2.40. The zero-order valence-corrected chi connectivity index (χ0v) is 14.4. The van der Waals surface area contributed by atoms with E-state index in [-0.39, 0.29) is 11.9 Å². The number of carbonyl (C=O) groups excluding carboxylic acids is 2. The van der Waals surface area contributed by atoms with Gasteiger partial charge >= 0.3 is 6.03 Å². The zero-order chi connectivity index (χ0) is 17.8. The van der Waals surface area contributed by atoms with Gasteiger partial charge in [-0.3, -0.25) is 9.78 Å². The summed E-state index contributed by atoms with van der Waals surface area (Å²) in [7, 11) is 3.33. The number of likely N-dealkylation sites (tertiary alicyclic amines) is 1. The molecule has 0 unspecified atom stereocenters. The van der Waals surface area contributed by atoms with E-state index in [9.17, 15) is 9.59 Å². The van der Waals surface area contributed by atoms with Crippen LogP contribution in [0.5, 0.6) is 0 Å². The molecule has 25 heavy (non-hydrogen) atoms. The lowest BCUT2D eigenvalue weighted by molar-refractivity contribution is 0.0822. The highest BCUT2D eigenvalue weighted by atomic mass is 16.2. The molecule has 0 aromatic carbocycles. The molecule has 2 N–H and O–H groups in total. The summed E-state index contributed by atoms with van der Waals surface area (Å²) in [5.74, 6) is 1.15. The molecular formula is C17H22N6O2. The minimum atomic E-state index is -0.199. The summed E-state index contributed by atoms with van der Waals surface area (Å²) in [6, 6.07) is 3.11. The second kappa shape index (κ2) is 7.33. The standard InChI is InChI=1S/C17H22N6O2/c1-22(2)16(24)14-11-13(3-6-18-14)21-17(25)23-9-4-12(5-10-23)15-19-7-8-20-15/h3,6-8,11-12H,4-5,9-10H2,1-2H3,(H,19,20)(H,18,21,25). The van der Waals surface area contributed by atoms with Gasteiger partial charge in [0.25, 0.3) is 5.91 Å². The first-order chi connectivity index (χ1) is 12.0. The summed E-state index contributed by atoms with van der Waals surface area (Å²) < 4.78 is 0. The topological polar surface area (TPSA) is 94.2 Å². The Morgan fingerprint density at radius 3 is 2.64 bits per heavy atom. The maximum atomic E-state index is 12.5. The summed E-state index contributed by atoms with van der Waals surface area (Å²) in [6.45, 7) is 1.34. The Morgan fingerprint density at radius 1 is 1.24 bits per heavy atom. The third kappa shape index (κ3) is 3.96. The van der Waals surface area contributed by atoms with Crippen molar-refractivity contribution in [2.45, 2.75) is 18.8 Å². The van der Waals surface area contributed by atoms with Crippen molar-refractivity contribution < 1.29 is 9.59 Å². The van der Waals surface area contributed by atoms with Gasteiger partial charge in [0, 0.05) is 57.4 Å². The molecule has 1 aliphatic heterocycles. The second-order valence-corrected chi connectivity index (χ2v) is 6.30. The van der Waals surface area contributed by atoms with Crippen LogP contribution >= 0.6 is 0 Å². The van der Waals surface area contributed by atoms with E-state index in [2.05, 4.69) is 20.3 Å².